The first-order valence-electron chi connectivity index (χ1n) is 6.80. The van der Waals surface area contributed by atoms with Crippen LogP contribution in [-0.2, 0) is 4.79 Å². The smallest absolute Gasteiger partial charge is 0.219 e. The first-order valence-corrected chi connectivity index (χ1v) is 6.80. The van der Waals surface area contributed by atoms with E-state index in [0.717, 1.165) is 13.1 Å². The first-order chi connectivity index (χ1) is 7.86. The van der Waals surface area contributed by atoms with E-state index in [4.69, 9.17) is 0 Å². The Labute approximate surface area is 105 Å². The highest BCUT2D eigenvalue weighted by atomic mass is 16.2. The minimum Gasteiger partial charge on any atom is -0.343 e. The van der Waals surface area contributed by atoms with Gasteiger partial charge in [-0.15, -0.1) is 0 Å². The molecule has 0 aromatic rings. The van der Waals surface area contributed by atoms with Gasteiger partial charge in [0.2, 0.25) is 5.91 Å². The molecule has 3 nitrogen and oxygen atoms in total. The quantitative estimate of drug-likeness (QED) is 0.644. The van der Waals surface area contributed by atoms with Crippen LogP contribution in [0.1, 0.15) is 40.0 Å². The summed E-state index contributed by atoms with van der Waals surface area (Å²) in [4.78, 5) is 15.9. The van der Waals surface area contributed by atoms with Gasteiger partial charge in [0.25, 0.3) is 0 Å². The molecular weight excluding hydrogens is 212 g/mol. The molecule has 2 aliphatic heterocycles. The fourth-order valence-electron chi connectivity index (χ4n) is 3.84. The van der Waals surface area contributed by atoms with E-state index in [1.807, 2.05) is 4.90 Å². The van der Waals surface area contributed by atoms with Crippen LogP contribution >= 0.6 is 0 Å². The molecular formula is C14H26N2O. The topological polar surface area (TPSA) is 23.6 Å². The summed E-state index contributed by atoms with van der Waals surface area (Å²) in [5.74, 6) is 0.241. The van der Waals surface area contributed by atoms with Gasteiger partial charge in [-0.2, -0.15) is 0 Å². The molecule has 2 saturated heterocycles. The highest BCUT2D eigenvalue weighted by molar-refractivity contribution is 5.73. The zero-order chi connectivity index (χ0) is 12.7. The molecule has 0 atom stereocenters. The van der Waals surface area contributed by atoms with Crippen LogP contribution in [0.2, 0.25) is 0 Å². The second kappa shape index (κ2) is 4.27. The molecule has 2 fully saturated rings. The Balaban J connectivity index is 2.08. The Kier molecular flexibility index (Phi) is 3.23. The molecule has 0 aliphatic carbocycles. The predicted molar refractivity (Wildman–Crippen MR) is 69.8 cm³/mol. The number of likely N-dealkylation sites (tertiary alicyclic amines) is 2. The maximum Gasteiger partial charge on any atom is 0.219 e. The number of piperidine rings is 2. The maximum absolute atomic E-state index is 11.4. The van der Waals surface area contributed by atoms with Crippen LogP contribution in [0.3, 0.4) is 0 Å². The van der Waals surface area contributed by atoms with E-state index in [1.165, 1.54) is 32.4 Å². The lowest BCUT2D eigenvalue weighted by atomic mass is 9.57. The van der Waals surface area contributed by atoms with Crippen LogP contribution in [0, 0.1) is 10.8 Å². The van der Waals surface area contributed by atoms with Gasteiger partial charge in [-0.3, -0.25) is 4.79 Å². The Bertz CT molecular complexity index is 303. The van der Waals surface area contributed by atoms with Crippen molar-refractivity contribution in [3.63, 3.8) is 0 Å². The van der Waals surface area contributed by atoms with Crippen LogP contribution in [-0.4, -0.2) is 48.9 Å². The van der Waals surface area contributed by atoms with Crippen molar-refractivity contribution < 1.29 is 4.79 Å². The third kappa shape index (κ3) is 2.22. The van der Waals surface area contributed by atoms with Crippen molar-refractivity contribution >= 4 is 5.91 Å². The Morgan fingerprint density at radius 1 is 1.06 bits per heavy atom. The van der Waals surface area contributed by atoms with E-state index in [0.29, 0.717) is 10.8 Å². The number of nitrogens with zero attached hydrogens (tertiary/aromatic N) is 2. The first kappa shape index (κ1) is 12.9. The fourth-order valence-corrected chi connectivity index (χ4v) is 3.84. The molecule has 0 aromatic heterocycles. The number of hydrogen-bond donors (Lipinski definition) is 0. The van der Waals surface area contributed by atoms with E-state index in [2.05, 4.69) is 25.8 Å². The van der Waals surface area contributed by atoms with Gasteiger partial charge in [0.05, 0.1) is 0 Å². The van der Waals surface area contributed by atoms with Crippen LogP contribution in [0.5, 0.6) is 0 Å². The summed E-state index contributed by atoms with van der Waals surface area (Å²) in [6.45, 7) is 10.8. The zero-order valence-corrected chi connectivity index (χ0v) is 11.8. The van der Waals surface area contributed by atoms with Gasteiger partial charge < -0.3 is 9.80 Å². The van der Waals surface area contributed by atoms with Crippen molar-refractivity contribution in [2.24, 2.45) is 10.8 Å². The summed E-state index contributed by atoms with van der Waals surface area (Å²) in [5.41, 5.74) is 0.842. The molecule has 1 amide bonds. The van der Waals surface area contributed by atoms with Gasteiger partial charge in [0.1, 0.15) is 0 Å². The highest BCUT2D eigenvalue weighted by Gasteiger charge is 2.49. The van der Waals surface area contributed by atoms with Crippen LogP contribution in [0.25, 0.3) is 0 Å². The summed E-state index contributed by atoms with van der Waals surface area (Å²) >= 11 is 0. The molecule has 0 bridgehead atoms. The van der Waals surface area contributed by atoms with Gasteiger partial charge in [0, 0.05) is 26.6 Å². The lowest BCUT2D eigenvalue weighted by Gasteiger charge is -2.56. The predicted octanol–water partition coefficient (Wildman–Crippen LogP) is 1.98. The third-order valence-corrected chi connectivity index (χ3v) is 5.24. The maximum atomic E-state index is 11.4. The standard InChI is InChI=1S/C14H26N2O/c1-12(17)16-9-6-14(7-10-16)5-8-15(4)11-13(14,2)3/h5-11H2,1-4H3. The Hall–Kier alpha value is -0.570. The molecule has 1 spiro atoms. The minimum absolute atomic E-state index is 0.241. The Morgan fingerprint density at radius 3 is 2.06 bits per heavy atom. The fraction of sp³-hybridized carbons (Fsp3) is 0.929. The summed E-state index contributed by atoms with van der Waals surface area (Å²) in [5, 5.41) is 0. The van der Waals surface area contributed by atoms with E-state index < -0.39 is 0 Å². The SMILES string of the molecule is CC(=O)N1CCC2(CCN(C)CC2(C)C)CC1. The average molecular weight is 238 g/mol. The molecule has 17 heavy (non-hydrogen) atoms. The number of carbonyl (C=O) groups excluding carboxylic acids is 1. The number of rotatable bonds is 0. The van der Waals surface area contributed by atoms with Crippen molar-refractivity contribution in [2.45, 2.75) is 40.0 Å². The molecule has 0 radical (unpaired) electrons. The normalized spacial score (nSPS) is 28.4. The van der Waals surface area contributed by atoms with E-state index >= 15 is 0 Å². The number of amides is 1. The van der Waals surface area contributed by atoms with E-state index in [1.54, 1.807) is 6.92 Å². The van der Waals surface area contributed by atoms with Crippen molar-refractivity contribution in [2.75, 3.05) is 33.2 Å². The van der Waals surface area contributed by atoms with Crippen molar-refractivity contribution in [1.29, 1.82) is 0 Å². The molecule has 0 unspecified atom stereocenters. The van der Waals surface area contributed by atoms with Crippen molar-refractivity contribution in [3.05, 3.63) is 0 Å². The van der Waals surface area contributed by atoms with E-state index in [9.17, 15) is 4.79 Å². The van der Waals surface area contributed by atoms with Gasteiger partial charge in [-0.25, -0.2) is 0 Å². The minimum atomic E-state index is 0.241. The van der Waals surface area contributed by atoms with Crippen molar-refractivity contribution in [1.82, 2.24) is 9.80 Å². The summed E-state index contributed by atoms with van der Waals surface area (Å²) in [7, 11) is 2.22. The molecule has 0 N–H and O–H groups in total. The second-order valence-electron chi connectivity index (χ2n) is 6.66. The number of hydrogen-bond acceptors (Lipinski definition) is 2. The van der Waals surface area contributed by atoms with Gasteiger partial charge in [-0.05, 0) is 43.7 Å². The second-order valence-corrected chi connectivity index (χ2v) is 6.66. The molecule has 98 valence electrons. The molecule has 0 saturated carbocycles. The monoisotopic (exact) mass is 238 g/mol. The van der Waals surface area contributed by atoms with E-state index in [-0.39, 0.29) is 5.91 Å². The molecule has 2 rings (SSSR count). The molecule has 0 aromatic carbocycles. The molecule has 3 heteroatoms. The molecule has 2 heterocycles. The Morgan fingerprint density at radius 2 is 1.59 bits per heavy atom. The average Bonchev–Trinajstić information content (AvgIpc) is 2.24. The lowest BCUT2D eigenvalue weighted by molar-refractivity contribution is -0.135. The third-order valence-electron chi connectivity index (χ3n) is 5.24. The van der Waals surface area contributed by atoms with Crippen LogP contribution in [0.15, 0.2) is 0 Å². The summed E-state index contributed by atoms with van der Waals surface area (Å²) in [6.07, 6.45) is 3.67. The van der Waals surface area contributed by atoms with Gasteiger partial charge in [0.15, 0.2) is 0 Å². The summed E-state index contributed by atoms with van der Waals surface area (Å²) < 4.78 is 0. The highest BCUT2D eigenvalue weighted by Crippen LogP contribution is 2.52. The van der Waals surface area contributed by atoms with Gasteiger partial charge in [-0.1, -0.05) is 13.8 Å². The molecule has 2 aliphatic rings. The van der Waals surface area contributed by atoms with Gasteiger partial charge >= 0.3 is 0 Å². The largest absolute Gasteiger partial charge is 0.343 e. The van der Waals surface area contributed by atoms with Crippen LogP contribution < -0.4 is 0 Å². The zero-order valence-electron chi connectivity index (χ0n) is 11.8. The van der Waals surface area contributed by atoms with Crippen LogP contribution in [0.4, 0.5) is 0 Å². The lowest BCUT2D eigenvalue weighted by Crippen LogP contribution is -2.56. The summed E-state index contributed by atoms with van der Waals surface area (Å²) in [6, 6.07) is 0. The number of carbonyl (C=O) groups is 1. The van der Waals surface area contributed by atoms with Crippen molar-refractivity contribution in [3.8, 4) is 0 Å².